The highest BCUT2D eigenvalue weighted by molar-refractivity contribution is 6.20. The molecule has 0 radical (unpaired) electrons. The number of aryl methyl sites for hydroxylation is 2. The molecule has 0 aliphatic heterocycles. The Labute approximate surface area is 98.7 Å². The van der Waals surface area contributed by atoms with Crippen molar-refractivity contribution in [1.29, 1.82) is 0 Å². The Bertz CT molecular complexity index is 274. The highest BCUT2D eigenvalue weighted by Crippen LogP contribution is 2.17. The van der Waals surface area contributed by atoms with Crippen molar-refractivity contribution in [1.82, 2.24) is 0 Å². The lowest BCUT2D eigenvalue weighted by molar-refractivity contribution is 0.565. The lowest BCUT2D eigenvalue weighted by Gasteiger charge is -2.12. The zero-order chi connectivity index (χ0) is 11.3. The summed E-state index contributed by atoms with van der Waals surface area (Å²) in [7, 11) is 0. The van der Waals surface area contributed by atoms with Crippen LogP contribution in [0.1, 0.15) is 38.3 Å². The Balaban J connectivity index is 2.44. The molecule has 0 nitrogen and oxygen atoms in total. The monoisotopic (exact) mass is 224 g/mol. The highest BCUT2D eigenvalue weighted by Gasteiger charge is 2.08. The molecule has 0 aliphatic carbocycles. The van der Waals surface area contributed by atoms with E-state index in [1.807, 2.05) is 0 Å². The number of halogens is 1. The first-order valence-corrected chi connectivity index (χ1v) is 6.29. The molecule has 0 N–H and O–H groups in total. The van der Waals surface area contributed by atoms with Crippen LogP contribution >= 0.6 is 11.6 Å². The minimum atomic E-state index is 0.302. The van der Waals surface area contributed by atoms with Gasteiger partial charge in [-0.15, -0.1) is 11.6 Å². The average molecular weight is 225 g/mol. The van der Waals surface area contributed by atoms with Crippen LogP contribution in [-0.2, 0) is 12.8 Å². The van der Waals surface area contributed by atoms with Gasteiger partial charge in [0.15, 0.2) is 0 Å². The number of hydrogen-bond donors (Lipinski definition) is 0. The van der Waals surface area contributed by atoms with Crippen molar-refractivity contribution in [2.24, 2.45) is 5.92 Å². The van der Waals surface area contributed by atoms with Gasteiger partial charge >= 0.3 is 0 Å². The normalized spacial score (nSPS) is 13.1. The summed E-state index contributed by atoms with van der Waals surface area (Å²) < 4.78 is 0. The SMILES string of the molecule is CCc1ccc(CCC(Cl)C(C)C)cc1. The standard InChI is InChI=1S/C14H21Cl/c1-4-12-5-7-13(8-6-12)9-10-14(15)11(2)3/h5-8,11,14H,4,9-10H2,1-3H3. The van der Waals surface area contributed by atoms with Crippen LogP contribution in [0.2, 0.25) is 0 Å². The molecule has 0 amide bonds. The molecule has 1 unspecified atom stereocenters. The second-order valence-electron chi connectivity index (χ2n) is 4.47. The number of alkyl halides is 1. The Morgan fingerprint density at radius 1 is 1.07 bits per heavy atom. The van der Waals surface area contributed by atoms with Crippen LogP contribution in [0, 0.1) is 5.92 Å². The fourth-order valence-corrected chi connectivity index (χ4v) is 1.69. The Morgan fingerprint density at radius 2 is 1.60 bits per heavy atom. The summed E-state index contributed by atoms with van der Waals surface area (Å²) in [6, 6.07) is 8.88. The minimum absolute atomic E-state index is 0.302. The third-order valence-electron chi connectivity index (χ3n) is 2.86. The van der Waals surface area contributed by atoms with Gasteiger partial charge in [-0.2, -0.15) is 0 Å². The molecular weight excluding hydrogens is 204 g/mol. The van der Waals surface area contributed by atoms with E-state index in [-0.39, 0.29) is 0 Å². The molecule has 0 aliphatic rings. The zero-order valence-electron chi connectivity index (χ0n) is 9.96. The Morgan fingerprint density at radius 3 is 2.07 bits per heavy atom. The fourth-order valence-electron chi connectivity index (χ4n) is 1.58. The van der Waals surface area contributed by atoms with E-state index in [0.717, 1.165) is 19.3 Å². The van der Waals surface area contributed by atoms with Crippen LogP contribution in [0.5, 0.6) is 0 Å². The summed E-state index contributed by atoms with van der Waals surface area (Å²) in [4.78, 5) is 0. The average Bonchev–Trinajstić information content (AvgIpc) is 2.26. The molecule has 1 aromatic carbocycles. The second kappa shape index (κ2) is 6.17. The van der Waals surface area contributed by atoms with Gasteiger partial charge in [0.1, 0.15) is 0 Å². The molecular formula is C14H21Cl. The van der Waals surface area contributed by atoms with Crippen LogP contribution in [0.15, 0.2) is 24.3 Å². The number of hydrogen-bond acceptors (Lipinski definition) is 0. The molecule has 1 rings (SSSR count). The maximum Gasteiger partial charge on any atom is 0.0362 e. The van der Waals surface area contributed by atoms with E-state index in [4.69, 9.17) is 11.6 Å². The summed E-state index contributed by atoms with van der Waals surface area (Å²) in [5, 5.41) is 0.302. The van der Waals surface area contributed by atoms with Gasteiger partial charge in [-0.1, -0.05) is 45.0 Å². The molecule has 84 valence electrons. The van der Waals surface area contributed by atoms with Gasteiger partial charge in [-0.25, -0.2) is 0 Å². The maximum absolute atomic E-state index is 6.22. The summed E-state index contributed by atoms with van der Waals surface area (Å²) in [5.41, 5.74) is 2.81. The lowest BCUT2D eigenvalue weighted by Crippen LogP contribution is -2.08. The van der Waals surface area contributed by atoms with E-state index in [1.54, 1.807) is 0 Å². The van der Waals surface area contributed by atoms with Crippen LogP contribution in [0.3, 0.4) is 0 Å². The van der Waals surface area contributed by atoms with E-state index >= 15 is 0 Å². The van der Waals surface area contributed by atoms with E-state index in [9.17, 15) is 0 Å². The van der Waals surface area contributed by atoms with E-state index in [2.05, 4.69) is 45.0 Å². The van der Waals surface area contributed by atoms with Crippen molar-refractivity contribution in [3.8, 4) is 0 Å². The molecule has 0 spiro atoms. The van der Waals surface area contributed by atoms with Crippen molar-refractivity contribution in [3.63, 3.8) is 0 Å². The highest BCUT2D eigenvalue weighted by atomic mass is 35.5. The third kappa shape index (κ3) is 4.25. The van der Waals surface area contributed by atoms with Gasteiger partial charge in [0, 0.05) is 5.38 Å². The molecule has 0 bridgehead atoms. The molecule has 0 saturated heterocycles. The van der Waals surface area contributed by atoms with Gasteiger partial charge in [0.05, 0.1) is 0 Å². The summed E-state index contributed by atoms with van der Waals surface area (Å²) in [6.45, 7) is 6.54. The molecule has 0 heterocycles. The fraction of sp³-hybridized carbons (Fsp3) is 0.571. The smallest absolute Gasteiger partial charge is 0.0362 e. The van der Waals surface area contributed by atoms with Gasteiger partial charge in [-0.3, -0.25) is 0 Å². The first-order chi connectivity index (χ1) is 7.13. The zero-order valence-corrected chi connectivity index (χ0v) is 10.7. The van der Waals surface area contributed by atoms with Crippen LogP contribution in [0.4, 0.5) is 0 Å². The summed E-state index contributed by atoms with van der Waals surface area (Å²) in [5.74, 6) is 0.571. The van der Waals surface area contributed by atoms with Gasteiger partial charge in [0.2, 0.25) is 0 Å². The van der Waals surface area contributed by atoms with Crippen molar-refractivity contribution in [2.75, 3.05) is 0 Å². The molecule has 1 aromatic rings. The lowest BCUT2D eigenvalue weighted by atomic mass is 10.0. The van der Waals surface area contributed by atoms with E-state index in [0.29, 0.717) is 11.3 Å². The maximum atomic E-state index is 6.22. The molecule has 0 fully saturated rings. The second-order valence-corrected chi connectivity index (χ2v) is 5.03. The molecule has 1 heteroatoms. The summed E-state index contributed by atoms with van der Waals surface area (Å²) >= 11 is 6.22. The quantitative estimate of drug-likeness (QED) is 0.649. The molecule has 15 heavy (non-hydrogen) atoms. The molecule has 0 aromatic heterocycles. The number of rotatable bonds is 5. The number of benzene rings is 1. The Hall–Kier alpha value is -0.490. The predicted molar refractivity (Wildman–Crippen MR) is 68.6 cm³/mol. The van der Waals surface area contributed by atoms with Crippen molar-refractivity contribution < 1.29 is 0 Å². The van der Waals surface area contributed by atoms with Crippen molar-refractivity contribution in [2.45, 2.75) is 45.4 Å². The third-order valence-corrected chi connectivity index (χ3v) is 3.59. The van der Waals surface area contributed by atoms with Crippen LogP contribution < -0.4 is 0 Å². The van der Waals surface area contributed by atoms with Crippen LogP contribution in [-0.4, -0.2) is 5.38 Å². The van der Waals surface area contributed by atoms with E-state index < -0.39 is 0 Å². The van der Waals surface area contributed by atoms with E-state index in [1.165, 1.54) is 11.1 Å². The largest absolute Gasteiger partial charge is 0.123 e. The van der Waals surface area contributed by atoms with Crippen molar-refractivity contribution >= 4 is 11.6 Å². The van der Waals surface area contributed by atoms with Crippen molar-refractivity contribution in [3.05, 3.63) is 35.4 Å². The molecule has 0 saturated carbocycles. The first-order valence-electron chi connectivity index (χ1n) is 5.85. The molecule has 1 atom stereocenters. The predicted octanol–water partition coefficient (Wildman–Crippen LogP) is 4.45. The van der Waals surface area contributed by atoms with Gasteiger partial charge < -0.3 is 0 Å². The minimum Gasteiger partial charge on any atom is -0.123 e. The summed E-state index contributed by atoms with van der Waals surface area (Å²) in [6.07, 6.45) is 3.28. The van der Waals surface area contributed by atoms with Gasteiger partial charge in [-0.05, 0) is 36.3 Å². The topological polar surface area (TPSA) is 0 Å². The first kappa shape index (κ1) is 12.6. The Kier molecular flexibility index (Phi) is 5.17. The van der Waals surface area contributed by atoms with Crippen LogP contribution in [0.25, 0.3) is 0 Å². The van der Waals surface area contributed by atoms with Gasteiger partial charge in [0.25, 0.3) is 0 Å².